The molecule has 0 spiro atoms. The third-order valence-electron chi connectivity index (χ3n) is 28.3. The van der Waals surface area contributed by atoms with Crippen molar-refractivity contribution in [3.63, 3.8) is 0 Å². The lowest BCUT2D eigenvalue weighted by Crippen LogP contribution is -2.58. The molecule has 0 radical (unpaired) electrons. The fourth-order valence-corrected chi connectivity index (χ4v) is 20.6. The van der Waals surface area contributed by atoms with E-state index in [0.717, 1.165) is 42.4 Å². The quantitative estimate of drug-likeness (QED) is 0.0253. The normalized spacial score (nSPS) is 31.5. The number of carbonyl (C=O) groups is 5. The van der Waals surface area contributed by atoms with Crippen LogP contribution in [0.25, 0.3) is 0 Å². The molecule has 4 saturated carbocycles. The number of nitrogens with one attached hydrogen (secondary N) is 1. The lowest BCUT2D eigenvalue weighted by atomic mass is 9.44. The maximum absolute atomic E-state index is 14.1. The summed E-state index contributed by atoms with van der Waals surface area (Å²) >= 11 is 0. The van der Waals surface area contributed by atoms with Crippen molar-refractivity contribution < 1.29 is 136 Å². The summed E-state index contributed by atoms with van der Waals surface area (Å²) in [6, 6.07) is 0. The van der Waals surface area contributed by atoms with Crippen molar-refractivity contribution in [1.29, 1.82) is 0 Å². The summed E-state index contributed by atoms with van der Waals surface area (Å²) in [7, 11) is 0. The van der Waals surface area contributed by atoms with E-state index >= 15 is 0 Å². The van der Waals surface area contributed by atoms with Crippen molar-refractivity contribution >= 4 is 29.0 Å². The summed E-state index contributed by atoms with van der Waals surface area (Å²) < 4.78 is 83.0. The van der Waals surface area contributed by atoms with Crippen molar-refractivity contribution in [3.05, 3.63) is 0 Å². The average molecular weight is 1760 g/mol. The van der Waals surface area contributed by atoms with E-state index in [0.29, 0.717) is 269 Å². The zero-order chi connectivity index (χ0) is 88.8. The molecule has 29 nitrogen and oxygen atoms in total. The Balaban J connectivity index is 0.816. The lowest BCUT2D eigenvalue weighted by Gasteiger charge is -2.61. The van der Waals surface area contributed by atoms with E-state index in [1.165, 1.54) is 64.2 Å². The standard InChI is InChI=1S/C94H167NO28/c1-66(76-38-39-77-75-37-36-70-27-7-14-42-92(70,5)78(75)40-43-93(76,77)6)26-21-34-74(102)35-22-47-113-58-59-114-57-41-82(103)95-94(63-115-51-23-48-110-44-15-8-28-71(99)31-11-18-54-118-89-67(2)83(104)86(107)79(60-96)121-89,64-116-52-24-49-111-45-16-9-29-72(100)32-12-19-55-119-90-68(3)84(105)87(108)80(61-97)122-90)65-117-53-25-50-112-46-17-10-30-73(101)33-13-20-56-120-91-69(4)85(106)88(109)81(62-98)123-91/h66-70,75-81,83-91,96-98,104-109H,7-65H2,1-6H3,(H,95,103)/t66-,67?,68?,69?,70?,75?,76-,77?,78?,79?,80?,81?,83?,84?,85?,86?,87?,88?,89?,90?,91?,92+,93-,94?/m1/s1. The number of Topliss-reactive ketones (excluding diaryl/α,β-unsaturated/α-hetero) is 4. The van der Waals surface area contributed by atoms with Crippen LogP contribution in [0.2, 0.25) is 0 Å². The van der Waals surface area contributed by atoms with Crippen LogP contribution in [-0.2, 0) is 90.3 Å². The van der Waals surface area contributed by atoms with Crippen LogP contribution >= 0.6 is 0 Å². The first kappa shape index (κ1) is 107. The molecule has 3 aliphatic heterocycles. The molecule has 19 unspecified atom stereocenters. The van der Waals surface area contributed by atoms with Gasteiger partial charge in [-0.15, -0.1) is 0 Å². The zero-order valence-electron chi connectivity index (χ0n) is 76.1. The molecule has 3 saturated heterocycles. The van der Waals surface area contributed by atoms with E-state index in [1.54, 1.807) is 20.8 Å². The van der Waals surface area contributed by atoms with E-state index in [9.17, 15) is 69.9 Å². The fourth-order valence-electron chi connectivity index (χ4n) is 20.6. The number of ketones is 4. The molecule has 716 valence electrons. The van der Waals surface area contributed by atoms with Crippen LogP contribution in [-0.4, -0.2) is 300 Å². The molecular weight excluding hydrogens is 1590 g/mol. The molecule has 1 amide bonds. The number of aliphatic hydroxyl groups excluding tert-OH is 9. The lowest BCUT2D eigenvalue weighted by molar-refractivity contribution is -0.282. The monoisotopic (exact) mass is 1760 g/mol. The van der Waals surface area contributed by atoms with Crippen molar-refractivity contribution in [2.75, 3.05) is 145 Å². The second-order valence-electron chi connectivity index (χ2n) is 37.7. The molecule has 0 aromatic carbocycles. The van der Waals surface area contributed by atoms with E-state index < -0.39 is 117 Å². The Hall–Kier alpha value is -2.77. The summed E-state index contributed by atoms with van der Waals surface area (Å²) in [6.07, 6.45) is 18.2. The predicted octanol–water partition coefficient (Wildman–Crippen LogP) is 9.74. The minimum atomic E-state index is -1.20. The van der Waals surface area contributed by atoms with Gasteiger partial charge in [0.1, 0.15) is 65.3 Å². The Labute approximate surface area is 735 Å². The third-order valence-corrected chi connectivity index (χ3v) is 28.3. The highest BCUT2D eigenvalue weighted by atomic mass is 16.7. The smallest absolute Gasteiger partial charge is 0.222 e. The zero-order valence-corrected chi connectivity index (χ0v) is 76.1. The van der Waals surface area contributed by atoms with Gasteiger partial charge in [-0.2, -0.15) is 0 Å². The molecule has 0 aromatic rings. The van der Waals surface area contributed by atoms with Gasteiger partial charge in [0.25, 0.3) is 0 Å². The number of aliphatic hydroxyl groups is 9. The second-order valence-corrected chi connectivity index (χ2v) is 37.7. The van der Waals surface area contributed by atoms with Crippen LogP contribution in [0.5, 0.6) is 0 Å². The largest absolute Gasteiger partial charge is 0.394 e. The highest BCUT2D eigenvalue weighted by Gasteiger charge is 2.60. The number of amides is 1. The van der Waals surface area contributed by atoms with Gasteiger partial charge in [0.2, 0.25) is 5.91 Å². The Morgan fingerprint density at radius 3 is 1.15 bits per heavy atom. The van der Waals surface area contributed by atoms with E-state index in [4.69, 9.17) is 66.3 Å². The first-order chi connectivity index (χ1) is 59.4. The molecule has 7 rings (SSSR count). The molecule has 3 heterocycles. The molecule has 0 bridgehead atoms. The van der Waals surface area contributed by atoms with Crippen molar-refractivity contribution in [2.45, 2.75) is 358 Å². The predicted molar refractivity (Wildman–Crippen MR) is 460 cm³/mol. The van der Waals surface area contributed by atoms with Crippen LogP contribution < -0.4 is 5.32 Å². The molecule has 29 heteroatoms. The summed E-state index contributed by atoms with van der Waals surface area (Å²) in [5.74, 6) is 4.04. The number of carbonyl (C=O) groups excluding carboxylic acids is 5. The van der Waals surface area contributed by atoms with Crippen LogP contribution in [0.3, 0.4) is 0 Å². The fraction of sp³-hybridized carbons (Fsp3) is 0.947. The van der Waals surface area contributed by atoms with Crippen molar-refractivity contribution in [1.82, 2.24) is 5.32 Å². The molecule has 7 aliphatic rings. The molecule has 10 N–H and O–H groups in total. The Morgan fingerprint density at radius 1 is 0.366 bits per heavy atom. The van der Waals surface area contributed by atoms with Crippen molar-refractivity contribution in [3.8, 4) is 0 Å². The first-order valence-electron chi connectivity index (χ1n) is 48.1. The van der Waals surface area contributed by atoms with Gasteiger partial charge in [-0.25, -0.2) is 0 Å². The molecule has 4 aliphatic carbocycles. The molecule has 0 aromatic heterocycles. The highest BCUT2D eigenvalue weighted by Crippen LogP contribution is 2.68. The number of fused-ring (bicyclic) bond motifs is 5. The number of unbranched alkanes of at least 4 members (excludes halogenated alkanes) is 6. The second kappa shape index (κ2) is 59.6. The SMILES string of the molecule is CC1C(OCCCCC(=O)CCCCOCCCOCC(COCCCOCCCCC(=O)CCCCOC2OC(CO)C(O)C(O)C2C)(COCCCOCCCCC(=O)CCCCOC2OC(CO)C(O)C(O)C2C)NC(=O)CCOCCOCCCC(=O)CCC[C@@H](C)[C@H]2CCC3C4CCC5CCCC[C@]5(C)C4CC[C@@]32C)OC(CO)C(O)C1O. The van der Waals surface area contributed by atoms with Crippen molar-refractivity contribution in [2.24, 2.45) is 64.1 Å². The number of hydrogen-bond acceptors (Lipinski definition) is 28. The highest BCUT2D eigenvalue weighted by molar-refractivity contribution is 5.79. The van der Waals surface area contributed by atoms with Gasteiger partial charge in [0.15, 0.2) is 18.9 Å². The van der Waals surface area contributed by atoms with Crippen LogP contribution in [0.15, 0.2) is 0 Å². The maximum atomic E-state index is 14.1. The summed E-state index contributed by atoms with van der Waals surface area (Å²) in [6.45, 7) is 17.4. The van der Waals surface area contributed by atoms with Crippen LogP contribution in [0.1, 0.15) is 279 Å². The number of ether oxygens (including phenoxy) is 14. The van der Waals surface area contributed by atoms with Gasteiger partial charge in [-0.05, 0) is 207 Å². The Morgan fingerprint density at radius 2 is 0.724 bits per heavy atom. The van der Waals surface area contributed by atoms with Gasteiger partial charge >= 0.3 is 0 Å². The number of rotatable bonds is 70. The summed E-state index contributed by atoms with van der Waals surface area (Å²) in [5.41, 5.74) is -0.124. The van der Waals surface area contributed by atoms with Gasteiger partial charge < -0.3 is 118 Å². The van der Waals surface area contributed by atoms with E-state index in [2.05, 4.69) is 26.1 Å². The first-order valence-corrected chi connectivity index (χ1v) is 48.1. The summed E-state index contributed by atoms with van der Waals surface area (Å²) in [5, 5.41) is 93.2. The van der Waals surface area contributed by atoms with Crippen LogP contribution in [0, 0.1) is 64.1 Å². The molecular formula is C94H167NO28. The average Bonchev–Trinajstić information content (AvgIpc) is 1.64. The van der Waals surface area contributed by atoms with Gasteiger partial charge in [0.05, 0.1) is 77.8 Å². The van der Waals surface area contributed by atoms with Gasteiger partial charge in [-0.3, -0.25) is 24.0 Å². The Kier molecular flexibility index (Phi) is 52.0. The Bertz CT molecular complexity index is 2670. The minimum absolute atomic E-state index is 0.0416. The topological polar surface area (TPSA) is 409 Å². The molecule has 23 atom stereocenters. The van der Waals surface area contributed by atoms with Gasteiger partial charge in [0, 0.05) is 161 Å². The van der Waals surface area contributed by atoms with Gasteiger partial charge in [-0.1, -0.05) is 60.8 Å². The maximum Gasteiger partial charge on any atom is 0.222 e. The number of hydrogen-bond donors (Lipinski definition) is 10. The van der Waals surface area contributed by atoms with E-state index in [-0.39, 0.29) is 62.7 Å². The molecule has 123 heavy (non-hydrogen) atoms. The summed E-state index contributed by atoms with van der Waals surface area (Å²) in [4.78, 5) is 65.4. The van der Waals surface area contributed by atoms with Crippen LogP contribution in [0.4, 0.5) is 0 Å². The van der Waals surface area contributed by atoms with E-state index in [1.807, 2.05) is 0 Å². The minimum Gasteiger partial charge on any atom is -0.394 e. The molecule has 7 fully saturated rings. The third kappa shape index (κ3) is 36.4.